The summed E-state index contributed by atoms with van der Waals surface area (Å²) in [6.07, 6.45) is 4.71. The number of ether oxygens (including phenoxy) is 3. The van der Waals surface area contributed by atoms with Gasteiger partial charge in [-0.3, -0.25) is 0 Å². The number of epoxide rings is 1. The maximum Gasteiger partial charge on any atom is 0.338 e. The third kappa shape index (κ3) is 3.05. The van der Waals surface area contributed by atoms with Gasteiger partial charge in [-0.15, -0.1) is 0 Å². The van der Waals surface area contributed by atoms with Gasteiger partial charge in [-0.2, -0.15) is 0 Å². The number of rotatable bonds is 5. The molecule has 2 atom stereocenters. The monoisotopic (exact) mass is 290 g/mol. The van der Waals surface area contributed by atoms with Crippen molar-refractivity contribution in [3.8, 4) is 5.75 Å². The predicted octanol–water partition coefficient (Wildman–Crippen LogP) is 3.18. The highest BCUT2D eigenvalue weighted by Crippen LogP contribution is 2.41. The Bertz CT molecular complexity index is 520. The fourth-order valence-corrected chi connectivity index (χ4v) is 3.03. The van der Waals surface area contributed by atoms with Crippen LogP contribution in [0.15, 0.2) is 18.2 Å². The van der Waals surface area contributed by atoms with Gasteiger partial charge in [0.1, 0.15) is 18.0 Å². The first kappa shape index (κ1) is 14.4. The smallest absolute Gasteiger partial charge is 0.338 e. The van der Waals surface area contributed by atoms with Gasteiger partial charge in [-0.25, -0.2) is 4.79 Å². The number of benzene rings is 1. The van der Waals surface area contributed by atoms with Gasteiger partial charge in [0, 0.05) is 0 Å². The second kappa shape index (κ2) is 6.06. The first-order valence-electron chi connectivity index (χ1n) is 7.75. The van der Waals surface area contributed by atoms with Crippen LogP contribution >= 0.6 is 0 Å². The average Bonchev–Trinajstić information content (AvgIpc) is 3.16. The van der Waals surface area contributed by atoms with Gasteiger partial charge >= 0.3 is 5.97 Å². The molecular formula is C17H22O4. The lowest BCUT2D eigenvalue weighted by atomic mass is 10.0. The molecule has 114 valence electrons. The highest BCUT2D eigenvalue weighted by molar-refractivity contribution is 5.78. The molecule has 0 spiro atoms. The van der Waals surface area contributed by atoms with Gasteiger partial charge in [-0.05, 0) is 55.4 Å². The van der Waals surface area contributed by atoms with Crippen LogP contribution < -0.4 is 4.74 Å². The summed E-state index contributed by atoms with van der Waals surface area (Å²) in [4.78, 5) is 12.1. The molecule has 1 aliphatic carbocycles. The van der Waals surface area contributed by atoms with Crippen LogP contribution in [-0.2, 0) is 20.7 Å². The van der Waals surface area contributed by atoms with E-state index < -0.39 is 6.10 Å². The number of methoxy groups -OCH3 is 1. The highest BCUT2D eigenvalue weighted by atomic mass is 16.6. The van der Waals surface area contributed by atoms with Crippen molar-refractivity contribution in [1.29, 1.82) is 0 Å². The number of esters is 1. The summed E-state index contributed by atoms with van der Waals surface area (Å²) in [6, 6.07) is 5.97. The van der Waals surface area contributed by atoms with Crippen molar-refractivity contribution in [2.75, 3.05) is 7.11 Å². The second-order valence-electron chi connectivity index (χ2n) is 5.75. The molecule has 1 aromatic carbocycles. The summed E-state index contributed by atoms with van der Waals surface area (Å²) in [5.74, 6) is 0.674. The molecule has 1 aliphatic heterocycles. The van der Waals surface area contributed by atoms with Crippen molar-refractivity contribution >= 4 is 5.97 Å². The zero-order chi connectivity index (χ0) is 14.8. The minimum absolute atomic E-state index is 0.101. The second-order valence-corrected chi connectivity index (χ2v) is 5.75. The van der Waals surface area contributed by atoms with Gasteiger partial charge in [-0.1, -0.05) is 13.0 Å². The van der Waals surface area contributed by atoms with Crippen LogP contribution in [0.2, 0.25) is 0 Å². The van der Waals surface area contributed by atoms with E-state index in [1.807, 2.05) is 12.1 Å². The quantitative estimate of drug-likeness (QED) is 0.617. The van der Waals surface area contributed by atoms with Crippen LogP contribution in [0.5, 0.6) is 5.75 Å². The van der Waals surface area contributed by atoms with E-state index in [-0.39, 0.29) is 18.2 Å². The van der Waals surface area contributed by atoms with Crippen molar-refractivity contribution < 1.29 is 19.0 Å². The Balaban J connectivity index is 1.62. The molecule has 1 heterocycles. The number of carbonyl (C=O) groups excluding carboxylic acids is 1. The molecular weight excluding hydrogens is 268 g/mol. The van der Waals surface area contributed by atoms with E-state index in [4.69, 9.17) is 14.2 Å². The van der Waals surface area contributed by atoms with Gasteiger partial charge in [0.05, 0.1) is 7.11 Å². The van der Waals surface area contributed by atoms with Crippen LogP contribution in [-0.4, -0.2) is 25.3 Å². The van der Waals surface area contributed by atoms with Crippen molar-refractivity contribution in [3.05, 3.63) is 29.3 Å². The number of aryl methyl sites for hydroxylation is 1. The van der Waals surface area contributed by atoms with Crippen LogP contribution in [0, 0.1) is 0 Å². The van der Waals surface area contributed by atoms with E-state index in [1.165, 1.54) is 0 Å². The molecule has 0 aromatic heterocycles. The Hall–Kier alpha value is -1.55. The molecule has 1 aromatic rings. The van der Waals surface area contributed by atoms with Crippen molar-refractivity contribution in [2.24, 2.45) is 0 Å². The molecule has 1 saturated carbocycles. The summed E-state index contributed by atoms with van der Waals surface area (Å²) >= 11 is 0. The molecule has 0 radical (unpaired) electrons. The van der Waals surface area contributed by atoms with E-state index >= 15 is 0 Å². The molecule has 21 heavy (non-hydrogen) atoms. The molecule has 3 rings (SSSR count). The average molecular weight is 290 g/mol. The Morgan fingerprint density at radius 1 is 1.33 bits per heavy atom. The summed E-state index contributed by atoms with van der Waals surface area (Å²) in [6.45, 7) is 2.08. The minimum Gasteiger partial charge on any atom is -0.496 e. The molecule has 0 amide bonds. The Morgan fingerprint density at radius 3 is 2.76 bits per heavy atom. The lowest BCUT2D eigenvalue weighted by molar-refractivity contribution is -0.150. The lowest BCUT2D eigenvalue weighted by Gasteiger charge is -2.10. The van der Waals surface area contributed by atoms with E-state index in [0.29, 0.717) is 0 Å². The fraction of sp³-hybridized carbons (Fsp3) is 0.588. The SMILES string of the molecule is CCc1cc(C2OC2C(=O)OC2CCCC2)ccc1OC. The third-order valence-electron chi connectivity index (χ3n) is 4.32. The molecule has 1 saturated heterocycles. The zero-order valence-electron chi connectivity index (χ0n) is 12.6. The number of carbonyl (C=O) groups is 1. The van der Waals surface area contributed by atoms with Crippen molar-refractivity contribution in [2.45, 2.75) is 57.3 Å². The Labute approximate surface area is 125 Å². The molecule has 4 nitrogen and oxygen atoms in total. The predicted molar refractivity (Wildman–Crippen MR) is 78.3 cm³/mol. The van der Waals surface area contributed by atoms with E-state index in [2.05, 4.69) is 13.0 Å². The topological polar surface area (TPSA) is 48.1 Å². The van der Waals surface area contributed by atoms with Gasteiger partial charge in [0.15, 0.2) is 6.10 Å². The molecule has 4 heteroatoms. The normalized spacial score (nSPS) is 24.9. The van der Waals surface area contributed by atoms with Crippen LogP contribution in [0.1, 0.15) is 49.8 Å². The molecule has 0 bridgehead atoms. The summed E-state index contributed by atoms with van der Waals surface area (Å²) in [5.41, 5.74) is 2.16. The summed E-state index contributed by atoms with van der Waals surface area (Å²) in [7, 11) is 1.67. The van der Waals surface area contributed by atoms with Gasteiger partial charge < -0.3 is 14.2 Å². The zero-order valence-corrected chi connectivity index (χ0v) is 12.6. The fourth-order valence-electron chi connectivity index (χ4n) is 3.03. The van der Waals surface area contributed by atoms with Crippen molar-refractivity contribution in [1.82, 2.24) is 0 Å². The maximum absolute atomic E-state index is 12.1. The largest absolute Gasteiger partial charge is 0.496 e. The highest BCUT2D eigenvalue weighted by Gasteiger charge is 2.48. The summed E-state index contributed by atoms with van der Waals surface area (Å²) < 4.78 is 16.4. The van der Waals surface area contributed by atoms with Crippen LogP contribution in [0.3, 0.4) is 0 Å². The lowest BCUT2D eigenvalue weighted by Crippen LogP contribution is -2.19. The molecule has 0 N–H and O–H groups in total. The van der Waals surface area contributed by atoms with E-state index in [0.717, 1.165) is 49.0 Å². The maximum atomic E-state index is 12.1. The van der Waals surface area contributed by atoms with Crippen LogP contribution in [0.25, 0.3) is 0 Å². The Morgan fingerprint density at radius 2 is 2.10 bits per heavy atom. The standard InChI is InChI=1S/C17H22O4/c1-3-11-10-12(8-9-14(11)19-2)15-16(21-15)17(18)20-13-6-4-5-7-13/h8-10,13,15-16H,3-7H2,1-2H3. The van der Waals surface area contributed by atoms with E-state index in [9.17, 15) is 4.79 Å². The van der Waals surface area contributed by atoms with Gasteiger partial charge in [0.2, 0.25) is 0 Å². The third-order valence-corrected chi connectivity index (χ3v) is 4.32. The first-order chi connectivity index (χ1) is 10.2. The van der Waals surface area contributed by atoms with Crippen molar-refractivity contribution in [3.63, 3.8) is 0 Å². The molecule has 2 fully saturated rings. The van der Waals surface area contributed by atoms with Gasteiger partial charge in [0.25, 0.3) is 0 Å². The van der Waals surface area contributed by atoms with Crippen LogP contribution in [0.4, 0.5) is 0 Å². The molecule has 2 aliphatic rings. The first-order valence-corrected chi connectivity index (χ1v) is 7.75. The number of hydrogen-bond donors (Lipinski definition) is 0. The number of hydrogen-bond acceptors (Lipinski definition) is 4. The minimum atomic E-state index is -0.427. The Kier molecular flexibility index (Phi) is 4.15. The van der Waals surface area contributed by atoms with E-state index in [1.54, 1.807) is 7.11 Å². The summed E-state index contributed by atoms with van der Waals surface area (Å²) in [5, 5.41) is 0. The molecule has 2 unspecified atom stereocenters.